The monoisotopic (exact) mass is 420 g/mol. The second kappa shape index (κ2) is 9.65. The molecule has 0 radical (unpaired) electrons. The highest BCUT2D eigenvalue weighted by Gasteiger charge is 2.29. The van der Waals surface area contributed by atoms with Crippen LogP contribution in [-0.4, -0.2) is 39.8 Å². The number of carbonyl (C=O) groups excluding carboxylic acids is 1. The molecule has 158 valence electrons. The van der Waals surface area contributed by atoms with Crippen LogP contribution in [0.2, 0.25) is 0 Å². The van der Waals surface area contributed by atoms with Crippen LogP contribution < -0.4 is 19.1 Å². The van der Waals surface area contributed by atoms with E-state index in [1.165, 1.54) is 7.11 Å². The number of anilines is 1. The van der Waals surface area contributed by atoms with Crippen molar-refractivity contribution in [1.82, 2.24) is 5.32 Å². The van der Waals surface area contributed by atoms with Gasteiger partial charge < -0.3 is 14.8 Å². The molecule has 29 heavy (non-hydrogen) atoms. The second-order valence-corrected chi connectivity index (χ2v) is 8.82. The van der Waals surface area contributed by atoms with Gasteiger partial charge in [0, 0.05) is 6.54 Å². The molecular weight excluding hydrogens is 392 g/mol. The van der Waals surface area contributed by atoms with Gasteiger partial charge in [0.05, 0.1) is 25.2 Å². The van der Waals surface area contributed by atoms with Crippen molar-refractivity contribution >= 4 is 21.6 Å². The van der Waals surface area contributed by atoms with Gasteiger partial charge in [-0.3, -0.25) is 9.10 Å². The number of hydrogen-bond donors (Lipinski definition) is 1. The molecule has 0 unspecified atom stereocenters. The third-order valence-corrected chi connectivity index (χ3v) is 5.42. The van der Waals surface area contributed by atoms with Gasteiger partial charge in [-0.1, -0.05) is 12.1 Å². The minimum atomic E-state index is -3.67. The molecule has 2 aromatic rings. The Balaban J connectivity index is 2.08. The lowest BCUT2D eigenvalue weighted by atomic mass is 10.2. The van der Waals surface area contributed by atoms with Crippen molar-refractivity contribution in [3.63, 3.8) is 0 Å². The molecule has 1 atom stereocenters. The van der Waals surface area contributed by atoms with Gasteiger partial charge in [0.1, 0.15) is 17.5 Å². The smallest absolute Gasteiger partial charge is 0.243 e. The summed E-state index contributed by atoms with van der Waals surface area (Å²) in [5, 5.41) is 2.79. The molecule has 0 aromatic heterocycles. The summed E-state index contributed by atoms with van der Waals surface area (Å²) < 4.78 is 36.5. The van der Waals surface area contributed by atoms with Crippen molar-refractivity contribution in [2.75, 3.05) is 17.7 Å². The van der Waals surface area contributed by atoms with E-state index < -0.39 is 22.0 Å². The number of methoxy groups -OCH3 is 1. The molecular formula is C21H28N2O5S. The maximum atomic E-state index is 12.6. The van der Waals surface area contributed by atoms with E-state index in [1.54, 1.807) is 31.2 Å². The average Bonchev–Trinajstić information content (AvgIpc) is 2.66. The van der Waals surface area contributed by atoms with Gasteiger partial charge >= 0.3 is 0 Å². The molecule has 1 N–H and O–H groups in total. The summed E-state index contributed by atoms with van der Waals surface area (Å²) in [5.41, 5.74) is 1.28. The van der Waals surface area contributed by atoms with Crippen LogP contribution in [0.25, 0.3) is 0 Å². The maximum absolute atomic E-state index is 12.6. The predicted octanol–water partition coefficient (Wildman–Crippen LogP) is 2.95. The van der Waals surface area contributed by atoms with Gasteiger partial charge in [0.2, 0.25) is 15.9 Å². The largest absolute Gasteiger partial charge is 0.497 e. The molecule has 0 aliphatic carbocycles. The van der Waals surface area contributed by atoms with Gasteiger partial charge in [-0.2, -0.15) is 0 Å². The van der Waals surface area contributed by atoms with Crippen LogP contribution in [0.1, 0.15) is 26.3 Å². The molecule has 0 saturated carbocycles. The number of nitrogens with one attached hydrogen (secondary N) is 1. The highest BCUT2D eigenvalue weighted by atomic mass is 32.2. The van der Waals surface area contributed by atoms with Crippen molar-refractivity contribution in [2.24, 2.45) is 0 Å². The van der Waals surface area contributed by atoms with E-state index in [0.29, 0.717) is 11.4 Å². The summed E-state index contributed by atoms with van der Waals surface area (Å²) in [6, 6.07) is 13.0. The van der Waals surface area contributed by atoms with Gasteiger partial charge in [-0.05, 0) is 62.7 Å². The predicted molar refractivity (Wildman–Crippen MR) is 114 cm³/mol. The highest BCUT2D eigenvalue weighted by molar-refractivity contribution is 7.92. The Morgan fingerprint density at radius 3 is 2.03 bits per heavy atom. The fourth-order valence-corrected chi connectivity index (χ4v) is 4.01. The van der Waals surface area contributed by atoms with Crippen LogP contribution in [0, 0.1) is 0 Å². The van der Waals surface area contributed by atoms with Gasteiger partial charge in [0.25, 0.3) is 0 Å². The zero-order chi connectivity index (χ0) is 21.6. The average molecular weight is 421 g/mol. The van der Waals surface area contributed by atoms with Crippen LogP contribution in [0.4, 0.5) is 5.69 Å². The molecule has 8 heteroatoms. The Hall–Kier alpha value is -2.74. The van der Waals surface area contributed by atoms with Crippen molar-refractivity contribution in [2.45, 2.75) is 39.5 Å². The Morgan fingerprint density at radius 2 is 1.55 bits per heavy atom. The van der Waals surface area contributed by atoms with Gasteiger partial charge in [-0.15, -0.1) is 0 Å². The molecule has 0 saturated heterocycles. The zero-order valence-corrected chi connectivity index (χ0v) is 18.2. The van der Waals surface area contributed by atoms with E-state index in [1.807, 2.05) is 38.1 Å². The summed E-state index contributed by atoms with van der Waals surface area (Å²) >= 11 is 0. The fourth-order valence-electron chi connectivity index (χ4n) is 2.83. The van der Waals surface area contributed by atoms with Gasteiger partial charge in [-0.25, -0.2) is 8.42 Å². The van der Waals surface area contributed by atoms with E-state index in [9.17, 15) is 13.2 Å². The first-order valence-corrected chi connectivity index (χ1v) is 11.1. The quantitative estimate of drug-likeness (QED) is 0.674. The molecule has 0 aliphatic rings. The first kappa shape index (κ1) is 22.5. The maximum Gasteiger partial charge on any atom is 0.243 e. The first-order valence-electron chi connectivity index (χ1n) is 9.28. The van der Waals surface area contributed by atoms with E-state index in [4.69, 9.17) is 9.47 Å². The van der Waals surface area contributed by atoms with Crippen molar-refractivity contribution < 1.29 is 22.7 Å². The molecule has 2 rings (SSSR count). The van der Waals surface area contributed by atoms with E-state index in [2.05, 4.69) is 5.32 Å². The number of rotatable bonds is 9. The zero-order valence-electron chi connectivity index (χ0n) is 17.4. The lowest BCUT2D eigenvalue weighted by Gasteiger charge is -2.28. The first-order chi connectivity index (χ1) is 13.6. The fraction of sp³-hybridized carbons (Fsp3) is 0.381. The van der Waals surface area contributed by atoms with Crippen LogP contribution >= 0.6 is 0 Å². The van der Waals surface area contributed by atoms with Crippen molar-refractivity contribution in [3.05, 3.63) is 54.1 Å². The molecule has 0 spiro atoms. The van der Waals surface area contributed by atoms with Crippen LogP contribution in [-0.2, 0) is 21.4 Å². The SMILES string of the molecule is COc1ccc(N([C@@H](C)C(=O)NCc2ccc(OC(C)C)cc2)S(C)(=O)=O)cc1. The van der Waals surface area contributed by atoms with Crippen LogP contribution in [0.15, 0.2) is 48.5 Å². The molecule has 2 aromatic carbocycles. The summed E-state index contributed by atoms with van der Waals surface area (Å²) in [5.74, 6) is 0.962. The van der Waals surface area contributed by atoms with Crippen molar-refractivity contribution in [1.29, 1.82) is 0 Å². The number of hydrogen-bond acceptors (Lipinski definition) is 5. The third-order valence-electron chi connectivity index (χ3n) is 4.18. The van der Waals surface area contributed by atoms with E-state index in [-0.39, 0.29) is 12.6 Å². The molecule has 0 fully saturated rings. The Labute approximate surface area is 172 Å². The molecule has 0 aliphatic heterocycles. The number of amides is 1. The normalized spacial score (nSPS) is 12.3. The van der Waals surface area contributed by atoms with E-state index in [0.717, 1.165) is 21.9 Å². The second-order valence-electron chi connectivity index (χ2n) is 6.96. The number of ether oxygens (including phenoxy) is 2. The summed E-state index contributed by atoms with van der Waals surface area (Å²) in [6.45, 7) is 5.74. The summed E-state index contributed by atoms with van der Waals surface area (Å²) in [7, 11) is -2.14. The minimum Gasteiger partial charge on any atom is -0.497 e. The number of benzene rings is 2. The molecule has 7 nitrogen and oxygen atoms in total. The topological polar surface area (TPSA) is 84.9 Å². The van der Waals surface area contributed by atoms with Crippen LogP contribution in [0.3, 0.4) is 0 Å². The Bertz CT molecular complexity index is 909. The lowest BCUT2D eigenvalue weighted by Crippen LogP contribution is -2.47. The summed E-state index contributed by atoms with van der Waals surface area (Å²) in [4.78, 5) is 12.6. The Morgan fingerprint density at radius 1 is 1.00 bits per heavy atom. The third kappa shape index (κ3) is 6.39. The molecule has 1 amide bonds. The molecule has 0 bridgehead atoms. The molecule has 0 heterocycles. The van der Waals surface area contributed by atoms with E-state index >= 15 is 0 Å². The van der Waals surface area contributed by atoms with Gasteiger partial charge in [0.15, 0.2) is 0 Å². The van der Waals surface area contributed by atoms with Crippen LogP contribution in [0.5, 0.6) is 11.5 Å². The standard InChI is InChI=1S/C21H28N2O5S/c1-15(2)28-20-10-6-17(7-11-20)14-22-21(24)16(3)23(29(5,25)26)18-8-12-19(27-4)13-9-18/h6-13,15-16H,14H2,1-5H3,(H,22,24)/t16-/m0/s1. The Kier molecular flexibility index (Phi) is 7.50. The lowest BCUT2D eigenvalue weighted by molar-refractivity contribution is -0.122. The number of nitrogens with zero attached hydrogens (tertiary/aromatic N) is 1. The summed E-state index contributed by atoms with van der Waals surface area (Å²) in [6.07, 6.45) is 1.16. The number of sulfonamides is 1. The minimum absolute atomic E-state index is 0.0846. The number of carbonyl (C=O) groups is 1. The van der Waals surface area contributed by atoms with Crippen molar-refractivity contribution in [3.8, 4) is 11.5 Å². The highest BCUT2D eigenvalue weighted by Crippen LogP contribution is 2.24.